The summed E-state index contributed by atoms with van der Waals surface area (Å²) in [7, 11) is 0. The van der Waals surface area contributed by atoms with Crippen LogP contribution in [0.25, 0.3) is 0 Å². The van der Waals surface area contributed by atoms with Crippen LogP contribution < -0.4 is 10.2 Å². The second kappa shape index (κ2) is 5.82. The summed E-state index contributed by atoms with van der Waals surface area (Å²) < 4.78 is 0. The predicted octanol–water partition coefficient (Wildman–Crippen LogP) is 0.851. The molecule has 2 rings (SSSR count). The first kappa shape index (κ1) is 12.8. The molecule has 1 amide bonds. The van der Waals surface area contributed by atoms with Crippen molar-refractivity contribution in [1.29, 1.82) is 0 Å². The maximum absolute atomic E-state index is 11.3. The van der Waals surface area contributed by atoms with Crippen LogP contribution in [0.1, 0.15) is 31.6 Å². The second-order valence-electron chi connectivity index (χ2n) is 4.45. The molecular formula is C13H19N3O2. The lowest BCUT2D eigenvalue weighted by Crippen LogP contribution is -2.28. The lowest BCUT2D eigenvalue weighted by atomic mass is 10.2. The number of aliphatic hydroxyl groups is 1. The summed E-state index contributed by atoms with van der Waals surface area (Å²) >= 11 is 0. The largest absolute Gasteiger partial charge is 0.387 e. The molecule has 0 saturated carbocycles. The van der Waals surface area contributed by atoms with Crippen LogP contribution in [0.2, 0.25) is 0 Å². The van der Waals surface area contributed by atoms with Crippen LogP contribution in [-0.2, 0) is 4.79 Å². The summed E-state index contributed by atoms with van der Waals surface area (Å²) in [6, 6.07) is 3.81. The van der Waals surface area contributed by atoms with Crippen LogP contribution in [-0.4, -0.2) is 35.6 Å². The maximum atomic E-state index is 11.3. The number of aliphatic hydroxyl groups excluding tert-OH is 1. The van der Waals surface area contributed by atoms with Crippen molar-refractivity contribution in [2.24, 2.45) is 0 Å². The number of nitrogens with zero attached hydrogens (tertiary/aromatic N) is 2. The molecule has 0 bridgehead atoms. The zero-order valence-electron chi connectivity index (χ0n) is 10.6. The van der Waals surface area contributed by atoms with Gasteiger partial charge in [-0.25, -0.2) is 0 Å². The number of amides is 1. The van der Waals surface area contributed by atoms with E-state index in [0.29, 0.717) is 31.6 Å². The van der Waals surface area contributed by atoms with Gasteiger partial charge in [-0.15, -0.1) is 0 Å². The number of aromatic nitrogens is 1. The Morgan fingerprint density at radius 3 is 3.00 bits per heavy atom. The SMILES string of the molecule is CC[C@@H](O)c1ccc(N2CCNC(=O)CC2)cn1. The highest BCUT2D eigenvalue weighted by Gasteiger charge is 2.14. The van der Waals surface area contributed by atoms with E-state index in [2.05, 4.69) is 15.2 Å². The first-order valence-electron chi connectivity index (χ1n) is 6.36. The molecule has 1 aromatic heterocycles. The van der Waals surface area contributed by atoms with Gasteiger partial charge in [0.25, 0.3) is 0 Å². The normalized spacial score (nSPS) is 18.1. The van der Waals surface area contributed by atoms with Gasteiger partial charge in [0, 0.05) is 26.1 Å². The Kier molecular flexibility index (Phi) is 4.15. The Hall–Kier alpha value is -1.62. The van der Waals surface area contributed by atoms with Crippen molar-refractivity contribution < 1.29 is 9.90 Å². The van der Waals surface area contributed by atoms with Gasteiger partial charge in [-0.05, 0) is 18.6 Å². The smallest absolute Gasteiger partial charge is 0.221 e. The zero-order valence-corrected chi connectivity index (χ0v) is 10.6. The van der Waals surface area contributed by atoms with Gasteiger partial charge in [-0.2, -0.15) is 0 Å². The molecular weight excluding hydrogens is 230 g/mol. The molecule has 0 aromatic carbocycles. The predicted molar refractivity (Wildman–Crippen MR) is 69.3 cm³/mol. The molecule has 0 aliphatic carbocycles. The van der Waals surface area contributed by atoms with Crippen molar-refractivity contribution >= 4 is 11.6 Å². The highest BCUT2D eigenvalue weighted by molar-refractivity contribution is 5.77. The van der Waals surface area contributed by atoms with Gasteiger partial charge < -0.3 is 15.3 Å². The van der Waals surface area contributed by atoms with Gasteiger partial charge in [0.15, 0.2) is 0 Å². The molecule has 5 nitrogen and oxygen atoms in total. The molecule has 0 radical (unpaired) electrons. The average molecular weight is 249 g/mol. The number of rotatable bonds is 3. The molecule has 1 saturated heterocycles. The van der Waals surface area contributed by atoms with Crippen LogP contribution in [0, 0.1) is 0 Å². The van der Waals surface area contributed by atoms with Crippen molar-refractivity contribution in [2.45, 2.75) is 25.9 Å². The summed E-state index contributed by atoms with van der Waals surface area (Å²) in [5.41, 5.74) is 1.70. The molecule has 5 heteroatoms. The summed E-state index contributed by atoms with van der Waals surface area (Å²) in [6.45, 7) is 4.09. The Labute approximate surface area is 107 Å². The maximum Gasteiger partial charge on any atom is 0.221 e. The molecule has 1 aliphatic heterocycles. The summed E-state index contributed by atoms with van der Waals surface area (Å²) in [5, 5.41) is 12.5. The third kappa shape index (κ3) is 2.98. The fourth-order valence-electron chi connectivity index (χ4n) is 2.02. The lowest BCUT2D eigenvalue weighted by Gasteiger charge is -2.21. The molecule has 1 aromatic rings. The minimum Gasteiger partial charge on any atom is -0.387 e. The van der Waals surface area contributed by atoms with E-state index >= 15 is 0 Å². The van der Waals surface area contributed by atoms with E-state index in [9.17, 15) is 9.90 Å². The van der Waals surface area contributed by atoms with Gasteiger partial charge in [-0.3, -0.25) is 9.78 Å². The number of hydrogen-bond donors (Lipinski definition) is 2. The minimum atomic E-state index is -0.494. The van der Waals surface area contributed by atoms with Crippen LogP contribution in [0.4, 0.5) is 5.69 Å². The molecule has 2 N–H and O–H groups in total. The molecule has 1 atom stereocenters. The Bertz CT molecular complexity index is 405. The molecule has 0 unspecified atom stereocenters. The van der Waals surface area contributed by atoms with E-state index in [1.54, 1.807) is 6.20 Å². The number of hydrogen-bond acceptors (Lipinski definition) is 4. The third-order valence-electron chi connectivity index (χ3n) is 3.18. The van der Waals surface area contributed by atoms with Gasteiger partial charge in [0.2, 0.25) is 5.91 Å². The van der Waals surface area contributed by atoms with E-state index in [-0.39, 0.29) is 5.91 Å². The number of anilines is 1. The molecule has 1 aliphatic rings. The number of nitrogens with one attached hydrogen (secondary N) is 1. The summed E-state index contributed by atoms with van der Waals surface area (Å²) in [6.07, 6.45) is 2.45. The Morgan fingerprint density at radius 1 is 1.50 bits per heavy atom. The Morgan fingerprint density at radius 2 is 2.33 bits per heavy atom. The Balaban J connectivity index is 2.06. The second-order valence-corrected chi connectivity index (χ2v) is 4.45. The van der Waals surface area contributed by atoms with Crippen molar-refractivity contribution in [3.63, 3.8) is 0 Å². The fourth-order valence-corrected chi connectivity index (χ4v) is 2.02. The molecule has 18 heavy (non-hydrogen) atoms. The highest BCUT2D eigenvalue weighted by atomic mass is 16.3. The van der Waals surface area contributed by atoms with Gasteiger partial charge in [-0.1, -0.05) is 6.92 Å². The van der Waals surface area contributed by atoms with Crippen molar-refractivity contribution in [2.75, 3.05) is 24.5 Å². The quantitative estimate of drug-likeness (QED) is 0.833. The monoisotopic (exact) mass is 249 g/mol. The van der Waals surface area contributed by atoms with E-state index < -0.39 is 6.10 Å². The zero-order chi connectivity index (χ0) is 13.0. The van der Waals surface area contributed by atoms with Crippen molar-refractivity contribution in [3.8, 4) is 0 Å². The van der Waals surface area contributed by atoms with Crippen molar-refractivity contribution in [3.05, 3.63) is 24.0 Å². The fraction of sp³-hybridized carbons (Fsp3) is 0.538. The molecule has 2 heterocycles. The molecule has 0 spiro atoms. The summed E-state index contributed by atoms with van der Waals surface area (Å²) in [5.74, 6) is 0.100. The first-order chi connectivity index (χ1) is 8.70. The standard InChI is InChI=1S/C13H19N3O2/c1-2-12(17)11-4-3-10(9-15-11)16-7-5-13(18)14-6-8-16/h3-4,9,12,17H,2,5-8H2,1H3,(H,14,18)/t12-/m1/s1. The highest BCUT2D eigenvalue weighted by Crippen LogP contribution is 2.18. The first-order valence-corrected chi connectivity index (χ1v) is 6.36. The van der Waals surface area contributed by atoms with Crippen LogP contribution in [0.3, 0.4) is 0 Å². The topological polar surface area (TPSA) is 65.5 Å². The number of carbonyl (C=O) groups excluding carboxylic acids is 1. The third-order valence-corrected chi connectivity index (χ3v) is 3.18. The number of carbonyl (C=O) groups is 1. The van der Waals surface area contributed by atoms with E-state index in [4.69, 9.17) is 0 Å². The van der Waals surface area contributed by atoms with Crippen LogP contribution in [0.5, 0.6) is 0 Å². The van der Waals surface area contributed by atoms with Gasteiger partial charge >= 0.3 is 0 Å². The van der Waals surface area contributed by atoms with Crippen LogP contribution in [0.15, 0.2) is 18.3 Å². The van der Waals surface area contributed by atoms with Crippen molar-refractivity contribution in [1.82, 2.24) is 10.3 Å². The van der Waals surface area contributed by atoms with Crippen LogP contribution >= 0.6 is 0 Å². The summed E-state index contributed by atoms with van der Waals surface area (Å²) in [4.78, 5) is 17.7. The number of pyridine rings is 1. The van der Waals surface area contributed by atoms with E-state index in [0.717, 1.165) is 12.2 Å². The molecule has 98 valence electrons. The van der Waals surface area contributed by atoms with Gasteiger partial charge in [0.1, 0.15) is 0 Å². The minimum absolute atomic E-state index is 0.100. The van der Waals surface area contributed by atoms with Gasteiger partial charge in [0.05, 0.1) is 23.7 Å². The van der Waals surface area contributed by atoms with E-state index in [1.807, 2.05) is 19.1 Å². The average Bonchev–Trinajstić information content (AvgIpc) is 2.63. The lowest BCUT2D eigenvalue weighted by molar-refractivity contribution is -0.120. The molecule has 1 fully saturated rings. The van der Waals surface area contributed by atoms with E-state index in [1.165, 1.54) is 0 Å².